The van der Waals surface area contributed by atoms with Crippen LogP contribution in [0.15, 0.2) is 48.7 Å². The average molecular weight is 469 g/mol. The van der Waals surface area contributed by atoms with Gasteiger partial charge in [-0.05, 0) is 30.4 Å². The second kappa shape index (κ2) is 10.1. The number of hydrogen-bond donors (Lipinski definition) is 1. The number of carbonyl (C=O) groups excluding carboxylic acids is 1. The van der Waals surface area contributed by atoms with Gasteiger partial charge in [0, 0.05) is 50.2 Å². The number of nitrogens with zero attached hydrogens (tertiary/aromatic N) is 3. The molecule has 1 saturated heterocycles. The van der Waals surface area contributed by atoms with Crippen LogP contribution in [0.1, 0.15) is 16.1 Å². The first-order chi connectivity index (χ1) is 16.1. The van der Waals surface area contributed by atoms with Crippen LogP contribution in [0.3, 0.4) is 0 Å². The van der Waals surface area contributed by atoms with Crippen molar-refractivity contribution in [2.75, 3.05) is 47.5 Å². The van der Waals surface area contributed by atoms with Crippen molar-refractivity contribution >= 4 is 18.1 Å². The summed E-state index contributed by atoms with van der Waals surface area (Å²) in [6, 6.07) is 13.6. The molecule has 0 saturated carbocycles. The van der Waals surface area contributed by atoms with E-state index >= 15 is 0 Å². The number of aromatic nitrogens is 2. The van der Waals surface area contributed by atoms with Gasteiger partial charge in [-0.3, -0.25) is 14.3 Å². The number of imidazole rings is 1. The molecule has 174 valence electrons. The molecule has 9 heteroatoms. The summed E-state index contributed by atoms with van der Waals surface area (Å²) in [5.41, 5.74) is 2.42. The Morgan fingerprint density at radius 3 is 2.27 bits per heavy atom. The second-order valence-electron chi connectivity index (χ2n) is 7.71. The molecule has 0 unspecified atom stereocenters. The third-order valence-corrected chi connectivity index (χ3v) is 6.15. The molecule has 2 heterocycles. The fraction of sp³-hybridized carbons (Fsp3) is 0.333. The lowest BCUT2D eigenvalue weighted by Crippen LogP contribution is -2.48. The summed E-state index contributed by atoms with van der Waals surface area (Å²) in [6.07, 6.45) is 1.69. The first-order valence-corrected chi connectivity index (χ1v) is 11.1. The van der Waals surface area contributed by atoms with Gasteiger partial charge in [0.1, 0.15) is 5.69 Å². The van der Waals surface area contributed by atoms with E-state index in [9.17, 15) is 4.79 Å². The number of piperazine rings is 1. The molecule has 4 rings (SSSR count). The van der Waals surface area contributed by atoms with E-state index in [0.29, 0.717) is 47.3 Å². The summed E-state index contributed by atoms with van der Waals surface area (Å²) in [4.78, 5) is 20.5. The summed E-state index contributed by atoms with van der Waals surface area (Å²) in [7, 11) is 4.84. The molecule has 1 aromatic heterocycles. The topological polar surface area (TPSA) is 72.0 Å². The molecule has 1 fully saturated rings. The van der Waals surface area contributed by atoms with Crippen molar-refractivity contribution < 1.29 is 19.0 Å². The van der Waals surface area contributed by atoms with Gasteiger partial charge in [-0.15, -0.1) is 0 Å². The minimum absolute atomic E-state index is 0.0328. The average Bonchev–Trinajstić information content (AvgIpc) is 3.25. The molecular weight excluding hydrogens is 440 g/mol. The predicted molar refractivity (Wildman–Crippen MR) is 128 cm³/mol. The Labute approximate surface area is 198 Å². The molecule has 8 nitrogen and oxygen atoms in total. The fourth-order valence-corrected chi connectivity index (χ4v) is 4.42. The fourth-order valence-electron chi connectivity index (χ4n) is 4.16. The molecule has 0 aliphatic carbocycles. The molecule has 2 aromatic carbocycles. The van der Waals surface area contributed by atoms with E-state index in [1.165, 1.54) is 0 Å². The molecule has 3 aromatic rings. The largest absolute Gasteiger partial charge is 0.493 e. The number of rotatable bonds is 7. The van der Waals surface area contributed by atoms with E-state index in [-0.39, 0.29) is 5.91 Å². The minimum atomic E-state index is -0.0328. The summed E-state index contributed by atoms with van der Waals surface area (Å²) < 4.78 is 18.8. The van der Waals surface area contributed by atoms with Crippen LogP contribution in [0.4, 0.5) is 0 Å². The van der Waals surface area contributed by atoms with Crippen molar-refractivity contribution in [3.8, 4) is 22.9 Å². The lowest BCUT2D eigenvalue weighted by Gasteiger charge is -2.35. The molecule has 1 aliphatic rings. The number of ether oxygens (including phenoxy) is 3. The lowest BCUT2D eigenvalue weighted by atomic mass is 10.1. The summed E-state index contributed by atoms with van der Waals surface area (Å²) in [5.74, 6) is 1.86. The highest BCUT2D eigenvalue weighted by Gasteiger charge is 2.26. The third-order valence-electron chi connectivity index (χ3n) is 5.85. The van der Waals surface area contributed by atoms with E-state index in [0.717, 1.165) is 24.3 Å². The van der Waals surface area contributed by atoms with Crippen molar-refractivity contribution in [2.24, 2.45) is 0 Å². The highest BCUT2D eigenvalue weighted by atomic mass is 32.1. The highest BCUT2D eigenvalue weighted by molar-refractivity contribution is 7.71. The van der Waals surface area contributed by atoms with Crippen LogP contribution in [0.5, 0.6) is 17.2 Å². The first kappa shape index (κ1) is 22.9. The Morgan fingerprint density at radius 2 is 1.64 bits per heavy atom. The summed E-state index contributed by atoms with van der Waals surface area (Å²) in [5, 5.41) is 0. The Hall–Kier alpha value is -3.30. The molecular formula is C24H28N4O4S. The third kappa shape index (κ3) is 4.60. The van der Waals surface area contributed by atoms with Crippen LogP contribution in [0.25, 0.3) is 5.69 Å². The summed E-state index contributed by atoms with van der Waals surface area (Å²) in [6.45, 7) is 3.44. The number of methoxy groups -OCH3 is 3. The van der Waals surface area contributed by atoms with E-state index in [1.54, 1.807) is 32.1 Å². The van der Waals surface area contributed by atoms with Crippen LogP contribution >= 0.6 is 12.2 Å². The quantitative estimate of drug-likeness (QED) is 0.535. The molecule has 1 amide bonds. The molecule has 1 aliphatic heterocycles. The Kier molecular flexibility index (Phi) is 7.00. The number of para-hydroxylation sites is 1. The number of amides is 1. The molecule has 0 radical (unpaired) electrons. The van der Waals surface area contributed by atoms with E-state index in [1.807, 2.05) is 47.4 Å². The Balaban J connectivity index is 1.46. The van der Waals surface area contributed by atoms with Gasteiger partial charge < -0.3 is 24.1 Å². The van der Waals surface area contributed by atoms with Crippen molar-refractivity contribution in [1.82, 2.24) is 19.4 Å². The molecule has 1 N–H and O–H groups in total. The predicted octanol–water partition coefficient (Wildman–Crippen LogP) is 3.52. The Morgan fingerprint density at radius 1 is 0.939 bits per heavy atom. The van der Waals surface area contributed by atoms with Gasteiger partial charge >= 0.3 is 0 Å². The van der Waals surface area contributed by atoms with Crippen LogP contribution in [-0.4, -0.2) is 72.8 Å². The number of benzene rings is 2. The van der Waals surface area contributed by atoms with Crippen molar-refractivity contribution in [3.05, 3.63) is 64.7 Å². The van der Waals surface area contributed by atoms with Crippen molar-refractivity contribution in [2.45, 2.75) is 6.54 Å². The van der Waals surface area contributed by atoms with Crippen LogP contribution in [-0.2, 0) is 6.54 Å². The van der Waals surface area contributed by atoms with Crippen molar-refractivity contribution in [3.63, 3.8) is 0 Å². The van der Waals surface area contributed by atoms with Crippen LogP contribution in [0, 0.1) is 4.77 Å². The number of nitrogens with one attached hydrogen (secondary N) is 1. The van der Waals surface area contributed by atoms with Crippen molar-refractivity contribution in [1.29, 1.82) is 0 Å². The SMILES string of the molecule is COc1ccc(CN2CCN(C(=O)c3c[nH]c(=S)n3-c3ccccc3)CC2)c(OC)c1OC. The van der Waals surface area contributed by atoms with Gasteiger partial charge in [0.15, 0.2) is 16.3 Å². The van der Waals surface area contributed by atoms with Gasteiger partial charge in [0.25, 0.3) is 5.91 Å². The molecule has 0 spiro atoms. The highest BCUT2D eigenvalue weighted by Crippen LogP contribution is 2.40. The minimum Gasteiger partial charge on any atom is -0.493 e. The zero-order chi connectivity index (χ0) is 23.4. The van der Waals surface area contributed by atoms with E-state index in [4.69, 9.17) is 26.4 Å². The van der Waals surface area contributed by atoms with E-state index < -0.39 is 0 Å². The van der Waals surface area contributed by atoms with Gasteiger partial charge in [-0.2, -0.15) is 0 Å². The normalized spacial score (nSPS) is 14.2. The smallest absolute Gasteiger partial charge is 0.272 e. The summed E-state index contributed by atoms with van der Waals surface area (Å²) >= 11 is 5.43. The zero-order valence-electron chi connectivity index (χ0n) is 19.0. The van der Waals surface area contributed by atoms with Crippen LogP contribution < -0.4 is 14.2 Å². The second-order valence-corrected chi connectivity index (χ2v) is 8.10. The maximum absolute atomic E-state index is 13.3. The van der Waals surface area contributed by atoms with Gasteiger partial charge in [-0.1, -0.05) is 24.3 Å². The number of H-pyrrole nitrogens is 1. The number of aromatic amines is 1. The first-order valence-electron chi connectivity index (χ1n) is 10.7. The molecule has 33 heavy (non-hydrogen) atoms. The zero-order valence-corrected chi connectivity index (χ0v) is 19.9. The Bertz CT molecular complexity index is 1170. The monoisotopic (exact) mass is 468 g/mol. The standard InChI is InChI=1S/C24H28N4O4S/c1-30-20-10-9-17(21(31-2)22(20)32-3)16-26-11-13-27(14-12-26)23(29)19-15-25-24(33)28(19)18-7-5-4-6-8-18/h4-10,15H,11-14,16H2,1-3H3,(H,25,33). The van der Waals surface area contributed by atoms with Gasteiger partial charge in [-0.25, -0.2) is 0 Å². The van der Waals surface area contributed by atoms with E-state index in [2.05, 4.69) is 9.88 Å². The number of hydrogen-bond acceptors (Lipinski definition) is 6. The maximum Gasteiger partial charge on any atom is 0.272 e. The number of carbonyl (C=O) groups is 1. The molecule has 0 bridgehead atoms. The van der Waals surface area contributed by atoms with Crippen LogP contribution in [0.2, 0.25) is 0 Å². The maximum atomic E-state index is 13.3. The molecule has 0 atom stereocenters. The van der Waals surface area contributed by atoms with Gasteiger partial charge in [0.2, 0.25) is 5.75 Å². The lowest BCUT2D eigenvalue weighted by molar-refractivity contribution is 0.0619. The van der Waals surface area contributed by atoms with Gasteiger partial charge in [0.05, 0.1) is 21.3 Å².